The van der Waals surface area contributed by atoms with E-state index in [1.54, 1.807) is 19.9 Å². The monoisotopic (exact) mass is 324 g/mol. The van der Waals surface area contributed by atoms with Gasteiger partial charge in [-0.25, -0.2) is 4.79 Å². The summed E-state index contributed by atoms with van der Waals surface area (Å²) in [7, 11) is 0. The number of carbonyl (C=O) groups is 1. The van der Waals surface area contributed by atoms with Gasteiger partial charge < -0.3 is 14.3 Å². The number of esters is 1. The van der Waals surface area contributed by atoms with Crippen LogP contribution in [-0.4, -0.2) is 17.7 Å². The molecule has 0 spiro atoms. The first-order chi connectivity index (χ1) is 11.6. The molecule has 1 atom stereocenters. The number of aryl methyl sites for hydroxylation is 1. The third-order valence-corrected chi connectivity index (χ3v) is 4.02. The molecule has 0 aliphatic heterocycles. The van der Waals surface area contributed by atoms with Gasteiger partial charge in [-0.2, -0.15) is 0 Å². The third kappa shape index (κ3) is 3.19. The lowest BCUT2D eigenvalue weighted by Gasteiger charge is -2.11. The Labute approximate surface area is 140 Å². The Balaban J connectivity index is 1.95. The zero-order valence-electron chi connectivity index (χ0n) is 13.8. The number of furan rings is 1. The summed E-state index contributed by atoms with van der Waals surface area (Å²) in [5.74, 6) is 0.126. The maximum absolute atomic E-state index is 12.2. The van der Waals surface area contributed by atoms with E-state index >= 15 is 0 Å². The molecular formula is C20H20O4. The van der Waals surface area contributed by atoms with Crippen LogP contribution in [0.5, 0.6) is 0 Å². The van der Waals surface area contributed by atoms with Crippen LogP contribution in [0.4, 0.5) is 0 Å². The van der Waals surface area contributed by atoms with Gasteiger partial charge in [0.2, 0.25) is 0 Å². The lowest BCUT2D eigenvalue weighted by atomic mass is 9.99. The van der Waals surface area contributed by atoms with Crippen LogP contribution in [0.1, 0.15) is 40.3 Å². The molecule has 0 bridgehead atoms. The highest BCUT2D eigenvalue weighted by molar-refractivity contribution is 6.04. The van der Waals surface area contributed by atoms with E-state index in [-0.39, 0.29) is 0 Å². The van der Waals surface area contributed by atoms with E-state index in [2.05, 4.69) is 0 Å². The number of carbonyl (C=O) groups excluding carboxylic acids is 1. The van der Waals surface area contributed by atoms with E-state index < -0.39 is 12.1 Å². The number of benzene rings is 2. The second-order valence-electron chi connectivity index (χ2n) is 5.71. The van der Waals surface area contributed by atoms with E-state index in [1.807, 2.05) is 42.5 Å². The minimum atomic E-state index is -0.651. The molecule has 0 radical (unpaired) electrons. The standard InChI is InChI=1S/C20H20O4/c1-3-23-20(22)19-13(2)24-18-10-9-15(12-16(18)19)17(21)11-14-7-5-4-6-8-14/h4-10,12,17,21H,3,11H2,1-2H3. The number of fused-ring (bicyclic) bond motifs is 1. The number of ether oxygens (including phenoxy) is 1. The van der Waals surface area contributed by atoms with Crippen molar-refractivity contribution in [2.75, 3.05) is 6.61 Å². The van der Waals surface area contributed by atoms with Crippen LogP contribution in [0.2, 0.25) is 0 Å². The van der Waals surface area contributed by atoms with Gasteiger partial charge in [-0.3, -0.25) is 0 Å². The largest absolute Gasteiger partial charge is 0.462 e. The molecular weight excluding hydrogens is 304 g/mol. The first kappa shape index (κ1) is 16.3. The van der Waals surface area contributed by atoms with Gasteiger partial charge in [-0.1, -0.05) is 36.4 Å². The van der Waals surface area contributed by atoms with Gasteiger partial charge in [-0.05, 0) is 37.1 Å². The van der Waals surface area contributed by atoms with E-state index in [4.69, 9.17) is 9.15 Å². The molecule has 124 valence electrons. The Kier molecular flexibility index (Phi) is 4.67. The molecule has 4 heteroatoms. The molecule has 1 unspecified atom stereocenters. The van der Waals surface area contributed by atoms with Crippen molar-refractivity contribution in [2.24, 2.45) is 0 Å². The molecule has 0 fully saturated rings. The van der Waals surface area contributed by atoms with Gasteiger partial charge >= 0.3 is 5.97 Å². The van der Waals surface area contributed by atoms with Crippen LogP contribution in [0.15, 0.2) is 52.9 Å². The smallest absolute Gasteiger partial charge is 0.342 e. The van der Waals surface area contributed by atoms with Crippen LogP contribution in [0.25, 0.3) is 11.0 Å². The first-order valence-corrected chi connectivity index (χ1v) is 8.02. The second-order valence-corrected chi connectivity index (χ2v) is 5.71. The molecule has 3 rings (SSSR count). The molecule has 1 N–H and O–H groups in total. The maximum Gasteiger partial charge on any atom is 0.342 e. The molecule has 2 aromatic carbocycles. The lowest BCUT2D eigenvalue weighted by molar-refractivity contribution is 0.0526. The van der Waals surface area contributed by atoms with Crippen molar-refractivity contribution in [3.05, 3.63) is 71.0 Å². The summed E-state index contributed by atoms with van der Waals surface area (Å²) in [5.41, 5.74) is 2.85. The van der Waals surface area contributed by atoms with E-state index in [0.717, 1.165) is 11.1 Å². The molecule has 1 heterocycles. The van der Waals surface area contributed by atoms with Crippen molar-refractivity contribution >= 4 is 16.9 Å². The van der Waals surface area contributed by atoms with E-state index in [0.29, 0.717) is 35.3 Å². The van der Waals surface area contributed by atoms with Crippen LogP contribution in [-0.2, 0) is 11.2 Å². The fourth-order valence-electron chi connectivity index (χ4n) is 2.86. The molecule has 0 aliphatic rings. The molecule has 24 heavy (non-hydrogen) atoms. The Bertz CT molecular complexity index is 849. The summed E-state index contributed by atoms with van der Waals surface area (Å²) >= 11 is 0. The summed E-state index contributed by atoms with van der Waals surface area (Å²) < 4.78 is 10.7. The Morgan fingerprint density at radius 1 is 1.21 bits per heavy atom. The van der Waals surface area contributed by atoms with Crippen molar-refractivity contribution in [1.82, 2.24) is 0 Å². The predicted octanol–water partition coefficient (Wildman–Crippen LogP) is 4.19. The minimum absolute atomic E-state index is 0.307. The van der Waals surface area contributed by atoms with Crippen LogP contribution >= 0.6 is 0 Å². The third-order valence-electron chi connectivity index (χ3n) is 4.02. The summed E-state index contributed by atoms with van der Waals surface area (Å²) in [5, 5.41) is 11.2. The van der Waals surface area contributed by atoms with Gasteiger partial charge in [-0.15, -0.1) is 0 Å². The quantitative estimate of drug-likeness (QED) is 0.715. The molecule has 0 amide bonds. The first-order valence-electron chi connectivity index (χ1n) is 8.02. The SMILES string of the molecule is CCOC(=O)c1c(C)oc2ccc(C(O)Cc3ccccc3)cc12. The molecule has 0 saturated carbocycles. The predicted molar refractivity (Wildman–Crippen MR) is 92.0 cm³/mol. The number of aliphatic hydroxyl groups excluding tert-OH is 1. The van der Waals surface area contributed by atoms with E-state index in [1.165, 1.54) is 0 Å². The average molecular weight is 324 g/mol. The Morgan fingerprint density at radius 3 is 2.67 bits per heavy atom. The van der Waals surface area contributed by atoms with Gasteiger partial charge in [0, 0.05) is 11.8 Å². The van der Waals surface area contributed by atoms with Gasteiger partial charge in [0.25, 0.3) is 0 Å². The van der Waals surface area contributed by atoms with Crippen molar-refractivity contribution in [2.45, 2.75) is 26.4 Å². The van der Waals surface area contributed by atoms with Gasteiger partial charge in [0.15, 0.2) is 0 Å². The Morgan fingerprint density at radius 2 is 1.96 bits per heavy atom. The summed E-state index contributed by atoms with van der Waals surface area (Å²) in [6.45, 7) is 3.82. The van der Waals surface area contributed by atoms with Crippen molar-refractivity contribution in [3.8, 4) is 0 Å². The Hall–Kier alpha value is -2.59. The highest BCUT2D eigenvalue weighted by Gasteiger charge is 2.20. The summed E-state index contributed by atoms with van der Waals surface area (Å²) in [6, 6.07) is 15.2. The summed E-state index contributed by atoms with van der Waals surface area (Å²) in [4.78, 5) is 12.2. The van der Waals surface area contributed by atoms with Crippen LogP contribution < -0.4 is 0 Å². The zero-order valence-corrected chi connectivity index (χ0v) is 13.8. The molecule has 0 aliphatic carbocycles. The highest BCUT2D eigenvalue weighted by Crippen LogP contribution is 2.30. The number of hydrogen-bond donors (Lipinski definition) is 1. The minimum Gasteiger partial charge on any atom is -0.462 e. The molecule has 4 nitrogen and oxygen atoms in total. The highest BCUT2D eigenvalue weighted by atomic mass is 16.5. The van der Waals surface area contributed by atoms with Crippen molar-refractivity contribution in [3.63, 3.8) is 0 Å². The van der Waals surface area contributed by atoms with Crippen molar-refractivity contribution < 1.29 is 19.1 Å². The topological polar surface area (TPSA) is 59.7 Å². The van der Waals surface area contributed by atoms with Gasteiger partial charge in [0.05, 0.1) is 12.7 Å². The average Bonchev–Trinajstić information content (AvgIpc) is 2.90. The molecule has 3 aromatic rings. The van der Waals surface area contributed by atoms with Gasteiger partial charge in [0.1, 0.15) is 16.9 Å². The van der Waals surface area contributed by atoms with Crippen LogP contribution in [0, 0.1) is 6.92 Å². The number of rotatable bonds is 5. The molecule has 0 saturated heterocycles. The zero-order chi connectivity index (χ0) is 17.1. The van der Waals surface area contributed by atoms with Crippen molar-refractivity contribution in [1.29, 1.82) is 0 Å². The fraction of sp³-hybridized carbons (Fsp3) is 0.250. The van der Waals surface area contributed by atoms with Crippen LogP contribution in [0.3, 0.4) is 0 Å². The second kappa shape index (κ2) is 6.89. The number of hydrogen-bond acceptors (Lipinski definition) is 4. The van der Waals surface area contributed by atoms with E-state index in [9.17, 15) is 9.90 Å². The maximum atomic E-state index is 12.2. The normalized spacial score (nSPS) is 12.3. The fourth-order valence-corrected chi connectivity index (χ4v) is 2.86. The number of aliphatic hydroxyl groups is 1. The molecule has 1 aromatic heterocycles. The lowest BCUT2D eigenvalue weighted by Crippen LogP contribution is -2.06. The summed E-state index contributed by atoms with van der Waals surface area (Å²) in [6.07, 6.45) is -0.139.